The van der Waals surface area contributed by atoms with Crippen LogP contribution >= 0.6 is 24.0 Å². The Morgan fingerprint density at radius 1 is 1.16 bits per heavy atom. The van der Waals surface area contributed by atoms with Crippen LogP contribution in [0.3, 0.4) is 0 Å². The number of hydrogen-bond acceptors (Lipinski definition) is 4. The Hall–Kier alpha value is -2.00. The van der Waals surface area contributed by atoms with Crippen LogP contribution in [0.2, 0.25) is 0 Å². The molecule has 0 saturated carbocycles. The first-order valence-corrected chi connectivity index (χ1v) is 11.1. The summed E-state index contributed by atoms with van der Waals surface area (Å²) in [5.41, 5.74) is 4.90. The molecule has 2 aromatic carbocycles. The number of nitrogens with one attached hydrogen (secondary N) is 2. The zero-order valence-electron chi connectivity index (χ0n) is 19.7. The second kappa shape index (κ2) is 13.5. The molecule has 3 rings (SSSR count). The standard InChI is InChI=1S/C25H36N4O2.HI/c1-19-7-10-21(24(16-19)31-23-13-15-30-18-23)17-28-25(26-2)27-14-5-6-20-8-11-22(12-9-20)29(3)4;/h7-12,16,23H,5-6,13-15,17-18H2,1-4H3,(H2,26,27,28);1H. The predicted octanol–water partition coefficient (Wildman–Crippen LogP) is 4.14. The molecule has 0 amide bonds. The van der Waals surface area contributed by atoms with E-state index >= 15 is 0 Å². The van der Waals surface area contributed by atoms with E-state index in [0.717, 1.165) is 49.7 Å². The average Bonchev–Trinajstić information content (AvgIpc) is 3.28. The minimum atomic E-state index is 0. The van der Waals surface area contributed by atoms with Crippen molar-refractivity contribution in [1.29, 1.82) is 0 Å². The summed E-state index contributed by atoms with van der Waals surface area (Å²) in [5, 5.41) is 6.82. The minimum absolute atomic E-state index is 0. The van der Waals surface area contributed by atoms with Crippen LogP contribution < -0.4 is 20.3 Å². The number of halogens is 1. The second-order valence-corrected chi connectivity index (χ2v) is 8.23. The van der Waals surface area contributed by atoms with Gasteiger partial charge in [-0.3, -0.25) is 4.99 Å². The number of nitrogens with zero attached hydrogens (tertiary/aromatic N) is 2. The zero-order chi connectivity index (χ0) is 22.1. The largest absolute Gasteiger partial charge is 0.488 e. The number of aliphatic imine (C=N–C) groups is 1. The third-order valence-electron chi connectivity index (χ3n) is 5.46. The molecule has 0 spiro atoms. The summed E-state index contributed by atoms with van der Waals surface area (Å²) in [6.07, 6.45) is 3.17. The summed E-state index contributed by atoms with van der Waals surface area (Å²) >= 11 is 0. The van der Waals surface area contributed by atoms with E-state index < -0.39 is 0 Å². The molecule has 0 aliphatic carbocycles. The smallest absolute Gasteiger partial charge is 0.191 e. The fourth-order valence-corrected chi connectivity index (χ4v) is 3.56. The maximum atomic E-state index is 6.20. The van der Waals surface area contributed by atoms with Gasteiger partial charge in [0.1, 0.15) is 11.9 Å². The van der Waals surface area contributed by atoms with Crippen molar-refractivity contribution in [3.8, 4) is 5.75 Å². The fourth-order valence-electron chi connectivity index (χ4n) is 3.56. The second-order valence-electron chi connectivity index (χ2n) is 8.23. The van der Waals surface area contributed by atoms with Gasteiger partial charge in [-0.05, 0) is 49.1 Å². The molecule has 1 aliphatic heterocycles. The molecular formula is C25H37IN4O2. The van der Waals surface area contributed by atoms with Crippen LogP contribution in [0.1, 0.15) is 29.5 Å². The van der Waals surface area contributed by atoms with Crippen molar-refractivity contribution in [3.63, 3.8) is 0 Å². The lowest BCUT2D eigenvalue weighted by Crippen LogP contribution is -2.37. The van der Waals surface area contributed by atoms with Gasteiger partial charge in [-0.1, -0.05) is 24.3 Å². The molecule has 0 bridgehead atoms. The van der Waals surface area contributed by atoms with E-state index in [2.05, 4.69) is 84.0 Å². The molecule has 0 radical (unpaired) electrons. The molecule has 1 fully saturated rings. The first-order valence-electron chi connectivity index (χ1n) is 11.1. The van der Waals surface area contributed by atoms with Gasteiger partial charge in [-0.25, -0.2) is 0 Å². The molecule has 1 saturated heterocycles. The van der Waals surface area contributed by atoms with Crippen LogP contribution in [-0.2, 0) is 17.7 Å². The Balaban J connectivity index is 0.00000363. The Kier molecular flexibility index (Phi) is 11.1. The monoisotopic (exact) mass is 552 g/mol. The van der Waals surface area contributed by atoms with Crippen molar-refractivity contribution in [3.05, 3.63) is 59.2 Å². The van der Waals surface area contributed by atoms with E-state index in [9.17, 15) is 0 Å². The SMILES string of the molecule is CN=C(NCCCc1ccc(N(C)C)cc1)NCc1ccc(C)cc1OC1CCOC1.I. The summed E-state index contributed by atoms with van der Waals surface area (Å²) in [4.78, 5) is 6.48. The van der Waals surface area contributed by atoms with Crippen LogP contribution in [-0.4, -0.2) is 53.0 Å². The van der Waals surface area contributed by atoms with E-state index in [1.165, 1.54) is 16.8 Å². The summed E-state index contributed by atoms with van der Waals surface area (Å²) in [7, 11) is 5.93. The summed E-state index contributed by atoms with van der Waals surface area (Å²) < 4.78 is 11.6. The van der Waals surface area contributed by atoms with Crippen molar-refractivity contribution < 1.29 is 9.47 Å². The van der Waals surface area contributed by atoms with Gasteiger partial charge in [-0.15, -0.1) is 24.0 Å². The topological polar surface area (TPSA) is 58.1 Å². The quantitative estimate of drug-likeness (QED) is 0.212. The molecule has 1 unspecified atom stereocenters. The number of ether oxygens (including phenoxy) is 2. The number of benzene rings is 2. The van der Waals surface area contributed by atoms with Crippen LogP contribution in [0, 0.1) is 6.92 Å². The van der Waals surface area contributed by atoms with Gasteiger partial charge in [0.2, 0.25) is 0 Å². The van der Waals surface area contributed by atoms with Gasteiger partial charge >= 0.3 is 0 Å². The molecule has 1 aliphatic rings. The van der Waals surface area contributed by atoms with E-state index in [-0.39, 0.29) is 30.1 Å². The summed E-state index contributed by atoms with van der Waals surface area (Å²) in [6.45, 7) is 5.06. The molecular weight excluding hydrogens is 515 g/mol. The van der Waals surface area contributed by atoms with Crippen molar-refractivity contribution in [1.82, 2.24) is 10.6 Å². The molecule has 6 nitrogen and oxygen atoms in total. The molecule has 1 heterocycles. The number of anilines is 1. The van der Waals surface area contributed by atoms with Gasteiger partial charge < -0.3 is 25.0 Å². The van der Waals surface area contributed by atoms with Gasteiger partial charge in [-0.2, -0.15) is 0 Å². The maximum absolute atomic E-state index is 6.20. The van der Waals surface area contributed by atoms with E-state index in [4.69, 9.17) is 9.47 Å². The van der Waals surface area contributed by atoms with Gasteiger partial charge in [0, 0.05) is 51.9 Å². The number of hydrogen-bond donors (Lipinski definition) is 2. The van der Waals surface area contributed by atoms with Gasteiger partial charge in [0.25, 0.3) is 0 Å². The first-order chi connectivity index (χ1) is 15.0. The normalized spacial score (nSPS) is 15.8. The molecule has 2 N–H and O–H groups in total. The first kappa shape index (κ1) is 26.3. The third kappa shape index (κ3) is 8.16. The maximum Gasteiger partial charge on any atom is 0.191 e. The van der Waals surface area contributed by atoms with E-state index in [1.54, 1.807) is 7.05 Å². The number of rotatable bonds is 9. The Labute approximate surface area is 209 Å². The molecule has 2 aromatic rings. The fraction of sp³-hybridized carbons (Fsp3) is 0.480. The number of aryl methyl sites for hydroxylation is 2. The van der Waals surface area contributed by atoms with Gasteiger partial charge in [0.15, 0.2) is 5.96 Å². The highest BCUT2D eigenvalue weighted by Crippen LogP contribution is 2.23. The lowest BCUT2D eigenvalue weighted by atomic mass is 10.1. The van der Waals surface area contributed by atoms with Crippen molar-refractivity contribution >= 4 is 35.6 Å². The Morgan fingerprint density at radius 2 is 1.94 bits per heavy atom. The lowest BCUT2D eigenvalue weighted by molar-refractivity contribution is 0.140. The van der Waals surface area contributed by atoms with Crippen molar-refractivity contribution in [2.45, 2.75) is 38.8 Å². The summed E-state index contributed by atoms with van der Waals surface area (Å²) in [6, 6.07) is 15.1. The average molecular weight is 553 g/mol. The number of guanidine groups is 1. The zero-order valence-corrected chi connectivity index (χ0v) is 22.0. The van der Waals surface area contributed by atoms with Crippen molar-refractivity contribution in [2.24, 2.45) is 4.99 Å². The van der Waals surface area contributed by atoms with Crippen LogP contribution in [0.5, 0.6) is 5.75 Å². The summed E-state index contributed by atoms with van der Waals surface area (Å²) in [5.74, 6) is 1.73. The van der Waals surface area contributed by atoms with Gasteiger partial charge in [0.05, 0.1) is 13.2 Å². The van der Waals surface area contributed by atoms with Crippen LogP contribution in [0.25, 0.3) is 0 Å². The Bertz CT molecular complexity index is 850. The van der Waals surface area contributed by atoms with Crippen LogP contribution in [0.15, 0.2) is 47.5 Å². The molecule has 1 atom stereocenters. The molecule has 0 aromatic heterocycles. The lowest BCUT2D eigenvalue weighted by Gasteiger charge is -2.18. The molecule has 176 valence electrons. The Morgan fingerprint density at radius 3 is 2.59 bits per heavy atom. The van der Waals surface area contributed by atoms with Crippen LogP contribution in [0.4, 0.5) is 5.69 Å². The van der Waals surface area contributed by atoms with Crippen molar-refractivity contribution in [2.75, 3.05) is 45.8 Å². The predicted molar refractivity (Wildman–Crippen MR) is 144 cm³/mol. The van der Waals surface area contributed by atoms with E-state index in [0.29, 0.717) is 13.2 Å². The molecule has 32 heavy (non-hydrogen) atoms. The minimum Gasteiger partial charge on any atom is -0.488 e. The van der Waals surface area contributed by atoms with E-state index in [1.807, 2.05) is 0 Å². The molecule has 7 heteroatoms. The highest BCUT2D eigenvalue weighted by Gasteiger charge is 2.18. The third-order valence-corrected chi connectivity index (χ3v) is 5.46. The highest BCUT2D eigenvalue weighted by molar-refractivity contribution is 14.0. The highest BCUT2D eigenvalue weighted by atomic mass is 127.